The van der Waals surface area contributed by atoms with Crippen molar-refractivity contribution in [3.05, 3.63) is 40.0 Å². The van der Waals surface area contributed by atoms with Crippen LogP contribution in [0, 0.1) is 6.92 Å². The third-order valence-electron chi connectivity index (χ3n) is 2.14. The molecule has 0 atom stereocenters. The molecule has 2 aromatic heterocycles. The normalized spacial score (nSPS) is 10.2. The van der Waals surface area contributed by atoms with Crippen LogP contribution in [0.5, 0.6) is 0 Å². The molecule has 1 amide bonds. The predicted octanol–water partition coefficient (Wildman–Crippen LogP) is 1.36. The first-order valence-corrected chi connectivity index (χ1v) is 5.93. The predicted molar refractivity (Wildman–Crippen MR) is 66.7 cm³/mol. The van der Waals surface area contributed by atoms with Crippen LogP contribution in [0.3, 0.4) is 0 Å². The van der Waals surface area contributed by atoms with E-state index in [-0.39, 0.29) is 5.91 Å². The minimum Gasteiger partial charge on any atom is -0.384 e. The Kier molecular flexibility index (Phi) is 3.34. The zero-order valence-electron chi connectivity index (χ0n) is 9.30. The van der Waals surface area contributed by atoms with Gasteiger partial charge in [0.25, 0.3) is 5.91 Å². The van der Waals surface area contributed by atoms with Gasteiger partial charge in [0.15, 0.2) is 0 Å². The third-order valence-corrected chi connectivity index (χ3v) is 2.92. The summed E-state index contributed by atoms with van der Waals surface area (Å²) in [6.45, 7) is 2.28. The van der Waals surface area contributed by atoms with Crippen molar-refractivity contribution in [1.29, 1.82) is 0 Å². The van der Waals surface area contributed by atoms with Crippen LogP contribution in [0.15, 0.2) is 23.8 Å². The van der Waals surface area contributed by atoms with Gasteiger partial charge in [0.05, 0.1) is 12.1 Å². The highest BCUT2D eigenvalue weighted by Gasteiger charge is 2.07. The smallest absolute Gasteiger partial charge is 0.251 e. The molecule has 0 bridgehead atoms. The lowest BCUT2D eigenvalue weighted by molar-refractivity contribution is 0.0951. The number of hydrogen-bond donors (Lipinski definition) is 2. The molecular weight excluding hydrogens is 236 g/mol. The molecule has 0 radical (unpaired) electrons. The summed E-state index contributed by atoms with van der Waals surface area (Å²) in [6, 6.07) is 3.27. The molecule has 0 aliphatic carbocycles. The molecule has 3 N–H and O–H groups in total. The van der Waals surface area contributed by atoms with Crippen LogP contribution in [0.4, 0.5) is 5.82 Å². The van der Waals surface area contributed by atoms with E-state index in [4.69, 9.17) is 5.73 Å². The average molecular weight is 248 g/mol. The van der Waals surface area contributed by atoms with Crippen molar-refractivity contribution in [2.24, 2.45) is 0 Å². The van der Waals surface area contributed by atoms with Gasteiger partial charge < -0.3 is 11.1 Å². The number of aromatic nitrogens is 2. The van der Waals surface area contributed by atoms with Crippen molar-refractivity contribution >= 4 is 23.1 Å². The summed E-state index contributed by atoms with van der Waals surface area (Å²) in [7, 11) is 0. The number of amides is 1. The van der Waals surface area contributed by atoms with Gasteiger partial charge in [-0.2, -0.15) is 0 Å². The molecule has 88 valence electrons. The summed E-state index contributed by atoms with van der Waals surface area (Å²) >= 11 is 1.50. The Morgan fingerprint density at radius 2 is 2.35 bits per heavy atom. The van der Waals surface area contributed by atoms with Crippen molar-refractivity contribution in [2.75, 3.05) is 5.73 Å². The van der Waals surface area contributed by atoms with Crippen molar-refractivity contribution in [3.8, 4) is 0 Å². The largest absolute Gasteiger partial charge is 0.384 e. The molecule has 0 saturated carbocycles. The van der Waals surface area contributed by atoms with Gasteiger partial charge in [0.1, 0.15) is 5.82 Å². The highest BCUT2D eigenvalue weighted by Crippen LogP contribution is 2.08. The van der Waals surface area contributed by atoms with E-state index in [2.05, 4.69) is 15.3 Å². The minimum absolute atomic E-state index is 0.157. The molecule has 2 rings (SSSR count). The van der Waals surface area contributed by atoms with E-state index in [1.165, 1.54) is 11.3 Å². The number of aryl methyl sites for hydroxylation is 1. The number of nitrogen functional groups attached to an aromatic ring is 1. The molecule has 0 aliphatic heterocycles. The number of hydrogen-bond acceptors (Lipinski definition) is 5. The molecule has 6 heteroatoms. The maximum Gasteiger partial charge on any atom is 0.251 e. The second-order valence-corrected chi connectivity index (χ2v) is 4.54. The van der Waals surface area contributed by atoms with Gasteiger partial charge in [-0.25, -0.2) is 4.98 Å². The van der Waals surface area contributed by atoms with E-state index in [9.17, 15) is 4.79 Å². The number of nitrogens with zero attached hydrogens (tertiary/aromatic N) is 2. The Morgan fingerprint density at radius 1 is 1.53 bits per heavy atom. The van der Waals surface area contributed by atoms with Crippen LogP contribution in [0.2, 0.25) is 0 Å². The molecule has 0 aliphatic rings. The van der Waals surface area contributed by atoms with Crippen molar-refractivity contribution < 1.29 is 4.79 Å². The lowest BCUT2D eigenvalue weighted by atomic mass is 10.2. The molecule has 0 fully saturated rings. The molecule has 2 heterocycles. The molecule has 0 spiro atoms. The van der Waals surface area contributed by atoms with Gasteiger partial charge in [-0.15, -0.1) is 11.3 Å². The fourth-order valence-corrected chi connectivity index (χ4v) is 1.96. The van der Waals surface area contributed by atoms with E-state index in [0.29, 0.717) is 17.9 Å². The minimum atomic E-state index is -0.157. The summed E-state index contributed by atoms with van der Waals surface area (Å²) in [5.41, 5.74) is 8.58. The second-order valence-electron chi connectivity index (χ2n) is 3.57. The Labute approximate surface area is 103 Å². The van der Waals surface area contributed by atoms with Crippen LogP contribution < -0.4 is 11.1 Å². The van der Waals surface area contributed by atoms with Gasteiger partial charge in [-0.05, 0) is 19.1 Å². The summed E-state index contributed by atoms with van der Waals surface area (Å²) in [5.74, 6) is 0.198. The number of nitrogens with two attached hydrogens (primary N) is 1. The lowest BCUT2D eigenvalue weighted by Crippen LogP contribution is -2.22. The Hall–Kier alpha value is -1.95. The molecule has 0 unspecified atom stereocenters. The summed E-state index contributed by atoms with van der Waals surface area (Å²) in [6.07, 6.45) is 1.73. The maximum absolute atomic E-state index is 11.8. The fourth-order valence-electron chi connectivity index (χ4n) is 1.42. The number of thiazole rings is 1. The first-order valence-electron chi connectivity index (χ1n) is 5.05. The van der Waals surface area contributed by atoms with E-state index in [0.717, 1.165) is 10.6 Å². The number of carbonyl (C=O) groups is 1. The number of carbonyl (C=O) groups excluding carboxylic acids is 1. The van der Waals surface area contributed by atoms with Gasteiger partial charge in [0, 0.05) is 22.3 Å². The fraction of sp³-hybridized carbons (Fsp3) is 0.182. The van der Waals surface area contributed by atoms with E-state index >= 15 is 0 Å². The molecule has 2 aromatic rings. The van der Waals surface area contributed by atoms with Crippen molar-refractivity contribution in [1.82, 2.24) is 15.3 Å². The SMILES string of the molecule is Cc1cc(C(=O)NCc2cncs2)cc(N)n1. The molecule has 0 aromatic carbocycles. The van der Waals surface area contributed by atoms with E-state index < -0.39 is 0 Å². The number of rotatable bonds is 3. The summed E-state index contributed by atoms with van der Waals surface area (Å²) in [5, 5.41) is 2.80. The van der Waals surface area contributed by atoms with Crippen molar-refractivity contribution in [2.45, 2.75) is 13.5 Å². The van der Waals surface area contributed by atoms with Crippen LogP contribution in [-0.4, -0.2) is 15.9 Å². The first kappa shape index (κ1) is 11.5. The van der Waals surface area contributed by atoms with Gasteiger partial charge in [0.2, 0.25) is 0 Å². The quantitative estimate of drug-likeness (QED) is 0.859. The van der Waals surface area contributed by atoms with Gasteiger partial charge >= 0.3 is 0 Å². The van der Waals surface area contributed by atoms with Gasteiger partial charge in [-0.1, -0.05) is 0 Å². The Balaban J connectivity index is 2.04. The van der Waals surface area contributed by atoms with Crippen molar-refractivity contribution in [3.63, 3.8) is 0 Å². The summed E-state index contributed by atoms with van der Waals surface area (Å²) < 4.78 is 0. The topological polar surface area (TPSA) is 80.9 Å². The molecule has 5 nitrogen and oxygen atoms in total. The van der Waals surface area contributed by atoms with E-state index in [1.807, 2.05) is 0 Å². The lowest BCUT2D eigenvalue weighted by Gasteiger charge is -2.05. The summed E-state index contributed by atoms with van der Waals surface area (Å²) in [4.78, 5) is 20.8. The average Bonchev–Trinajstić information content (AvgIpc) is 2.77. The number of anilines is 1. The van der Waals surface area contributed by atoms with Crippen LogP contribution in [-0.2, 0) is 6.54 Å². The Bertz CT molecular complexity index is 504. The highest BCUT2D eigenvalue weighted by molar-refractivity contribution is 7.09. The highest BCUT2D eigenvalue weighted by atomic mass is 32.1. The number of pyridine rings is 1. The zero-order valence-corrected chi connectivity index (χ0v) is 10.1. The van der Waals surface area contributed by atoms with Crippen LogP contribution in [0.1, 0.15) is 20.9 Å². The third kappa shape index (κ3) is 3.01. The first-order chi connectivity index (χ1) is 8.15. The van der Waals surface area contributed by atoms with Crippen LogP contribution in [0.25, 0.3) is 0 Å². The number of nitrogens with one attached hydrogen (secondary N) is 1. The Morgan fingerprint density at radius 3 is 3.00 bits per heavy atom. The molecular formula is C11H12N4OS. The molecule has 17 heavy (non-hydrogen) atoms. The molecule has 0 saturated heterocycles. The van der Waals surface area contributed by atoms with Gasteiger partial charge in [-0.3, -0.25) is 9.78 Å². The van der Waals surface area contributed by atoms with Crippen LogP contribution >= 0.6 is 11.3 Å². The second kappa shape index (κ2) is 4.92. The zero-order chi connectivity index (χ0) is 12.3. The maximum atomic E-state index is 11.8. The van der Waals surface area contributed by atoms with E-state index in [1.54, 1.807) is 30.8 Å². The standard InChI is InChI=1S/C11H12N4OS/c1-7-2-8(3-10(12)15-7)11(16)14-5-9-4-13-6-17-9/h2-4,6H,5H2,1H3,(H2,12,15)(H,14,16). The monoisotopic (exact) mass is 248 g/mol.